The summed E-state index contributed by atoms with van der Waals surface area (Å²) >= 11 is 6.12. The van der Waals surface area contributed by atoms with Crippen LogP contribution in [0.15, 0.2) is 36.4 Å². The molecule has 0 bridgehead atoms. The summed E-state index contributed by atoms with van der Waals surface area (Å²) in [4.78, 5) is 24.4. The summed E-state index contributed by atoms with van der Waals surface area (Å²) in [7, 11) is 0. The number of aliphatic carboxylic acids is 1. The van der Waals surface area contributed by atoms with E-state index in [1.54, 1.807) is 41.3 Å². The van der Waals surface area contributed by atoms with E-state index in [1.807, 2.05) is 6.92 Å². The Balaban J connectivity index is 1.91. The van der Waals surface area contributed by atoms with Crippen LogP contribution in [0.5, 0.6) is 17.2 Å². The fraction of sp³-hybridized carbons (Fsp3) is 0.300. The smallest absolute Gasteiger partial charge is 0.410 e. The van der Waals surface area contributed by atoms with Crippen molar-refractivity contribution < 1.29 is 28.9 Å². The number of halogens is 1. The van der Waals surface area contributed by atoms with E-state index in [1.165, 1.54) is 0 Å². The Bertz CT molecular complexity index is 885. The number of hydrogen-bond acceptors (Lipinski definition) is 5. The Morgan fingerprint density at radius 1 is 1.21 bits per heavy atom. The lowest BCUT2D eigenvalue weighted by molar-refractivity contribution is -0.136. The van der Waals surface area contributed by atoms with Crippen molar-refractivity contribution in [1.82, 2.24) is 4.90 Å². The number of carboxylic acids is 1. The van der Waals surface area contributed by atoms with Crippen molar-refractivity contribution in [2.24, 2.45) is 0 Å². The molecule has 0 saturated carbocycles. The second-order valence-corrected chi connectivity index (χ2v) is 6.61. The largest absolute Gasteiger partial charge is 0.490 e. The van der Waals surface area contributed by atoms with Gasteiger partial charge in [0, 0.05) is 10.6 Å². The van der Waals surface area contributed by atoms with E-state index in [0.717, 1.165) is 0 Å². The molecule has 3 rings (SSSR count). The number of amides is 1. The molecule has 0 radical (unpaired) electrons. The Hall–Kier alpha value is -2.93. The normalized spacial score (nSPS) is 13.4. The van der Waals surface area contributed by atoms with Gasteiger partial charge in [0.05, 0.1) is 26.1 Å². The predicted molar refractivity (Wildman–Crippen MR) is 102 cm³/mol. The van der Waals surface area contributed by atoms with E-state index in [2.05, 4.69) is 0 Å². The monoisotopic (exact) mass is 405 g/mol. The number of nitrogens with zero attached hydrogens (tertiary/aromatic N) is 1. The van der Waals surface area contributed by atoms with Gasteiger partial charge >= 0.3 is 12.1 Å². The number of hydrogen-bond donors (Lipinski definition) is 1. The highest BCUT2D eigenvalue weighted by atomic mass is 35.5. The van der Waals surface area contributed by atoms with Crippen molar-refractivity contribution in [3.8, 4) is 17.2 Å². The first kappa shape index (κ1) is 19.8. The first-order valence-electron chi connectivity index (χ1n) is 8.81. The Morgan fingerprint density at radius 3 is 2.68 bits per heavy atom. The molecule has 2 aromatic carbocycles. The van der Waals surface area contributed by atoms with Crippen LogP contribution in [-0.4, -0.2) is 41.8 Å². The molecule has 2 aromatic rings. The maximum Gasteiger partial charge on any atom is 0.410 e. The molecule has 1 fully saturated rings. The average molecular weight is 406 g/mol. The van der Waals surface area contributed by atoms with Crippen LogP contribution >= 0.6 is 11.6 Å². The van der Waals surface area contributed by atoms with Gasteiger partial charge in [0.15, 0.2) is 11.5 Å². The molecule has 0 unspecified atom stereocenters. The first-order valence-corrected chi connectivity index (χ1v) is 9.19. The summed E-state index contributed by atoms with van der Waals surface area (Å²) in [6, 6.07) is 10.1. The SMILES string of the molecule is CCOc1ccc(CC(=O)O)cc1Oc1ccc(Cl)cc1CN1CCOC1=O. The molecule has 1 aliphatic rings. The highest BCUT2D eigenvalue weighted by molar-refractivity contribution is 6.30. The van der Waals surface area contributed by atoms with Crippen LogP contribution in [0, 0.1) is 0 Å². The van der Waals surface area contributed by atoms with Crippen molar-refractivity contribution in [2.75, 3.05) is 19.8 Å². The standard InChI is InChI=1S/C20H20ClNO6/c1-2-26-17-5-3-13(10-19(23)24)9-18(17)28-16-6-4-15(21)11-14(16)12-22-7-8-27-20(22)25/h3-6,9,11H,2,7-8,10,12H2,1H3,(H,23,24). The number of carboxylic acid groups (broad SMARTS) is 1. The van der Waals surface area contributed by atoms with Gasteiger partial charge in [-0.15, -0.1) is 0 Å². The summed E-state index contributed by atoms with van der Waals surface area (Å²) in [5.41, 5.74) is 1.29. The van der Waals surface area contributed by atoms with E-state index >= 15 is 0 Å². The van der Waals surface area contributed by atoms with Gasteiger partial charge in [-0.2, -0.15) is 0 Å². The quantitative estimate of drug-likeness (QED) is 0.711. The van der Waals surface area contributed by atoms with Gasteiger partial charge in [0.2, 0.25) is 0 Å². The molecule has 1 amide bonds. The van der Waals surface area contributed by atoms with Crippen LogP contribution < -0.4 is 9.47 Å². The van der Waals surface area contributed by atoms with Gasteiger partial charge in [-0.3, -0.25) is 4.79 Å². The van der Waals surface area contributed by atoms with Crippen molar-refractivity contribution in [3.63, 3.8) is 0 Å². The molecular formula is C20H20ClNO6. The molecule has 8 heteroatoms. The van der Waals surface area contributed by atoms with E-state index < -0.39 is 5.97 Å². The molecular weight excluding hydrogens is 386 g/mol. The van der Waals surface area contributed by atoms with Crippen LogP contribution in [0.25, 0.3) is 0 Å². The van der Waals surface area contributed by atoms with Crippen LogP contribution in [0.4, 0.5) is 4.79 Å². The second-order valence-electron chi connectivity index (χ2n) is 6.17. The van der Waals surface area contributed by atoms with Gasteiger partial charge in [-0.05, 0) is 42.8 Å². The summed E-state index contributed by atoms with van der Waals surface area (Å²) in [5.74, 6) is 0.457. The third-order valence-electron chi connectivity index (χ3n) is 4.11. The lowest BCUT2D eigenvalue weighted by Crippen LogP contribution is -2.23. The maximum absolute atomic E-state index is 11.8. The summed E-state index contributed by atoms with van der Waals surface area (Å²) in [6.07, 6.45) is -0.514. The van der Waals surface area contributed by atoms with Gasteiger partial charge in [0.1, 0.15) is 12.4 Å². The Morgan fingerprint density at radius 2 is 2.00 bits per heavy atom. The summed E-state index contributed by atoms with van der Waals surface area (Å²) < 4.78 is 16.6. The zero-order valence-electron chi connectivity index (χ0n) is 15.3. The molecule has 1 heterocycles. The lowest BCUT2D eigenvalue weighted by atomic mass is 10.1. The third-order valence-corrected chi connectivity index (χ3v) is 4.35. The Labute approximate surface area is 167 Å². The van der Waals surface area contributed by atoms with Crippen LogP contribution in [-0.2, 0) is 22.5 Å². The molecule has 0 spiro atoms. The average Bonchev–Trinajstić information content (AvgIpc) is 3.04. The van der Waals surface area contributed by atoms with E-state index in [9.17, 15) is 9.59 Å². The zero-order valence-corrected chi connectivity index (χ0v) is 16.1. The highest BCUT2D eigenvalue weighted by Gasteiger charge is 2.23. The molecule has 0 aromatic heterocycles. The first-order chi connectivity index (χ1) is 13.5. The topological polar surface area (TPSA) is 85.3 Å². The van der Waals surface area contributed by atoms with Crippen molar-refractivity contribution in [1.29, 1.82) is 0 Å². The highest BCUT2D eigenvalue weighted by Crippen LogP contribution is 2.36. The number of benzene rings is 2. The van der Waals surface area contributed by atoms with Crippen LogP contribution in [0.2, 0.25) is 5.02 Å². The molecule has 148 valence electrons. The number of cyclic esters (lactones) is 1. The number of carbonyl (C=O) groups is 2. The molecule has 1 aliphatic heterocycles. The maximum atomic E-state index is 11.8. The Kier molecular flexibility index (Phi) is 6.26. The number of carbonyl (C=O) groups excluding carboxylic acids is 1. The number of rotatable bonds is 8. The van der Waals surface area contributed by atoms with E-state index in [-0.39, 0.29) is 19.1 Å². The molecule has 0 atom stereocenters. The van der Waals surface area contributed by atoms with Crippen molar-refractivity contribution in [3.05, 3.63) is 52.5 Å². The minimum atomic E-state index is -0.935. The van der Waals surface area contributed by atoms with Gasteiger partial charge in [-0.25, -0.2) is 4.79 Å². The van der Waals surface area contributed by atoms with E-state index in [0.29, 0.717) is 53.2 Å². The van der Waals surface area contributed by atoms with Crippen LogP contribution in [0.1, 0.15) is 18.1 Å². The van der Waals surface area contributed by atoms with E-state index in [4.69, 9.17) is 30.9 Å². The molecule has 7 nitrogen and oxygen atoms in total. The van der Waals surface area contributed by atoms with Crippen molar-refractivity contribution >= 4 is 23.7 Å². The number of ether oxygens (including phenoxy) is 3. The summed E-state index contributed by atoms with van der Waals surface area (Å²) in [6.45, 7) is 3.40. The fourth-order valence-electron chi connectivity index (χ4n) is 2.86. The van der Waals surface area contributed by atoms with Crippen molar-refractivity contribution in [2.45, 2.75) is 19.9 Å². The third kappa shape index (κ3) is 4.86. The minimum Gasteiger partial charge on any atom is -0.490 e. The molecule has 1 saturated heterocycles. The fourth-order valence-corrected chi connectivity index (χ4v) is 3.05. The second kappa shape index (κ2) is 8.84. The molecule has 0 aliphatic carbocycles. The van der Waals surface area contributed by atoms with Crippen LogP contribution in [0.3, 0.4) is 0 Å². The molecule has 1 N–H and O–H groups in total. The zero-order chi connectivity index (χ0) is 20.1. The van der Waals surface area contributed by atoms with Gasteiger partial charge < -0.3 is 24.2 Å². The van der Waals surface area contributed by atoms with Gasteiger partial charge in [-0.1, -0.05) is 17.7 Å². The molecule has 28 heavy (non-hydrogen) atoms. The van der Waals surface area contributed by atoms with Gasteiger partial charge in [0.25, 0.3) is 0 Å². The summed E-state index contributed by atoms with van der Waals surface area (Å²) in [5, 5.41) is 9.56. The minimum absolute atomic E-state index is 0.129. The lowest BCUT2D eigenvalue weighted by Gasteiger charge is -2.18. The predicted octanol–water partition coefficient (Wildman–Crippen LogP) is 4.11.